The highest BCUT2D eigenvalue weighted by molar-refractivity contribution is 8.18. The number of hydrogen-bond donors (Lipinski definition) is 1. The molecule has 4 rings (SSSR count). The van der Waals surface area contributed by atoms with Gasteiger partial charge in [0.25, 0.3) is 11.1 Å². The van der Waals surface area contributed by atoms with Crippen molar-refractivity contribution in [1.29, 1.82) is 0 Å². The Morgan fingerprint density at radius 2 is 1.94 bits per heavy atom. The van der Waals surface area contributed by atoms with Crippen molar-refractivity contribution in [2.24, 2.45) is 0 Å². The van der Waals surface area contributed by atoms with E-state index in [0.29, 0.717) is 40.1 Å². The minimum absolute atomic E-state index is 0.101. The Labute approximate surface area is 187 Å². The lowest BCUT2D eigenvalue weighted by molar-refractivity contribution is -0.127. The van der Waals surface area contributed by atoms with Gasteiger partial charge in [-0.25, -0.2) is 0 Å². The van der Waals surface area contributed by atoms with Crippen LogP contribution in [0.3, 0.4) is 0 Å². The van der Waals surface area contributed by atoms with Gasteiger partial charge in [0.2, 0.25) is 12.7 Å². The SMILES string of the molecule is CCOc1cc2c(cc1/C=C1/SC(=O)N(CC(=O)Nc3ccc(Cl)cc3)C1=O)OCO2. The van der Waals surface area contributed by atoms with Gasteiger partial charge < -0.3 is 19.5 Å². The van der Waals surface area contributed by atoms with Crippen LogP contribution in [0.5, 0.6) is 17.2 Å². The highest BCUT2D eigenvalue weighted by atomic mass is 35.5. The highest BCUT2D eigenvalue weighted by Gasteiger charge is 2.36. The summed E-state index contributed by atoms with van der Waals surface area (Å²) in [6, 6.07) is 9.88. The fraction of sp³-hybridized carbons (Fsp3) is 0.190. The Hall–Kier alpha value is -3.17. The summed E-state index contributed by atoms with van der Waals surface area (Å²) in [6.07, 6.45) is 1.55. The summed E-state index contributed by atoms with van der Waals surface area (Å²) < 4.78 is 16.4. The number of anilines is 1. The van der Waals surface area contributed by atoms with Crippen molar-refractivity contribution in [1.82, 2.24) is 4.90 Å². The van der Waals surface area contributed by atoms with Gasteiger partial charge in [0.1, 0.15) is 12.3 Å². The number of rotatable bonds is 6. The quantitative estimate of drug-likeness (QED) is 0.647. The Bertz CT molecular complexity index is 1090. The van der Waals surface area contributed by atoms with E-state index < -0.39 is 23.6 Å². The molecule has 2 aromatic rings. The van der Waals surface area contributed by atoms with Gasteiger partial charge in [0.05, 0.1) is 11.5 Å². The molecule has 0 saturated carbocycles. The molecule has 0 aliphatic carbocycles. The Morgan fingerprint density at radius 3 is 2.65 bits per heavy atom. The van der Waals surface area contributed by atoms with Crippen molar-refractivity contribution in [3.63, 3.8) is 0 Å². The fourth-order valence-electron chi connectivity index (χ4n) is 2.99. The number of nitrogens with zero attached hydrogens (tertiary/aromatic N) is 1. The van der Waals surface area contributed by atoms with Crippen LogP contribution >= 0.6 is 23.4 Å². The first-order valence-corrected chi connectivity index (χ1v) is 10.5. The number of amides is 3. The molecule has 2 aliphatic rings. The molecule has 1 fully saturated rings. The molecule has 2 heterocycles. The van der Waals surface area contributed by atoms with E-state index in [4.69, 9.17) is 25.8 Å². The monoisotopic (exact) mass is 460 g/mol. The van der Waals surface area contributed by atoms with Crippen LogP contribution in [0, 0.1) is 0 Å². The number of carbonyl (C=O) groups excluding carboxylic acids is 3. The molecular formula is C21H17ClN2O6S. The molecular weight excluding hydrogens is 444 g/mol. The van der Waals surface area contributed by atoms with E-state index in [1.165, 1.54) is 0 Å². The molecule has 8 nitrogen and oxygen atoms in total. The molecule has 1 N–H and O–H groups in total. The van der Waals surface area contributed by atoms with Crippen LogP contribution in [0.15, 0.2) is 41.3 Å². The lowest BCUT2D eigenvalue weighted by Gasteiger charge is -2.12. The van der Waals surface area contributed by atoms with Crippen molar-refractivity contribution in [2.75, 3.05) is 25.3 Å². The third kappa shape index (κ3) is 4.62. The fourth-order valence-corrected chi connectivity index (χ4v) is 3.94. The van der Waals surface area contributed by atoms with Crippen LogP contribution < -0.4 is 19.5 Å². The van der Waals surface area contributed by atoms with Gasteiger partial charge in [-0.15, -0.1) is 0 Å². The van der Waals surface area contributed by atoms with E-state index >= 15 is 0 Å². The van der Waals surface area contributed by atoms with E-state index in [1.54, 1.807) is 42.5 Å². The first-order valence-electron chi connectivity index (χ1n) is 9.32. The van der Waals surface area contributed by atoms with Gasteiger partial charge in [-0.3, -0.25) is 19.3 Å². The zero-order chi connectivity index (χ0) is 22.0. The number of ether oxygens (including phenoxy) is 3. The predicted octanol–water partition coefficient (Wildman–Crippen LogP) is 4.14. The average Bonchev–Trinajstić information content (AvgIpc) is 3.29. The summed E-state index contributed by atoms with van der Waals surface area (Å²) in [5.41, 5.74) is 1.08. The number of halogens is 1. The maximum atomic E-state index is 12.8. The number of imide groups is 1. The van der Waals surface area contributed by atoms with E-state index in [0.717, 1.165) is 16.7 Å². The topological polar surface area (TPSA) is 94.2 Å². The highest BCUT2D eigenvalue weighted by Crippen LogP contribution is 2.41. The van der Waals surface area contributed by atoms with Crippen LogP contribution in [0.4, 0.5) is 10.5 Å². The predicted molar refractivity (Wildman–Crippen MR) is 116 cm³/mol. The number of thioether (sulfide) groups is 1. The van der Waals surface area contributed by atoms with Crippen LogP contribution in [-0.4, -0.2) is 41.9 Å². The summed E-state index contributed by atoms with van der Waals surface area (Å²) >= 11 is 6.59. The molecule has 0 atom stereocenters. The second kappa shape index (κ2) is 8.91. The molecule has 160 valence electrons. The minimum atomic E-state index is -0.554. The molecule has 10 heteroatoms. The summed E-state index contributed by atoms with van der Waals surface area (Å²) in [5.74, 6) is 0.521. The van der Waals surface area contributed by atoms with E-state index in [9.17, 15) is 14.4 Å². The van der Waals surface area contributed by atoms with E-state index in [2.05, 4.69) is 5.32 Å². The Morgan fingerprint density at radius 1 is 1.23 bits per heavy atom. The Balaban J connectivity index is 1.51. The van der Waals surface area contributed by atoms with Crippen molar-refractivity contribution in [3.8, 4) is 17.2 Å². The number of nitrogens with one attached hydrogen (secondary N) is 1. The largest absolute Gasteiger partial charge is 0.493 e. The normalized spacial score (nSPS) is 16.2. The maximum Gasteiger partial charge on any atom is 0.294 e. The standard InChI is InChI=1S/C21H17ClN2O6S/c1-2-28-15-9-17-16(29-11-30-17)7-12(15)8-18-20(26)24(21(27)31-18)10-19(25)23-14-5-3-13(22)4-6-14/h3-9H,2,10-11H2,1H3,(H,23,25)/b18-8+. The van der Waals surface area contributed by atoms with Gasteiger partial charge in [0.15, 0.2) is 11.5 Å². The van der Waals surface area contributed by atoms with Crippen molar-refractivity contribution in [3.05, 3.63) is 51.9 Å². The molecule has 0 radical (unpaired) electrons. The molecule has 3 amide bonds. The average molecular weight is 461 g/mol. The maximum absolute atomic E-state index is 12.8. The number of fused-ring (bicyclic) bond motifs is 1. The van der Waals surface area contributed by atoms with Crippen molar-refractivity contribution in [2.45, 2.75) is 6.92 Å². The van der Waals surface area contributed by atoms with Gasteiger partial charge in [0, 0.05) is 22.3 Å². The van der Waals surface area contributed by atoms with Crippen LogP contribution in [-0.2, 0) is 9.59 Å². The van der Waals surface area contributed by atoms with Crippen molar-refractivity contribution >= 4 is 52.2 Å². The summed E-state index contributed by atoms with van der Waals surface area (Å²) in [6.45, 7) is 1.95. The molecule has 0 unspecified atom stereocenters. The number of carbonyl (C=O) groups is 3. The summed E-state index contributed by atoms with van der Waals surface area (Å²) in [5, 5.41) is 2.64. The van der Waals surface area contributed by atoms with Crippen LogP contribution in [0.2, 0.25) is 5.02 Å². The molecule has 31 heavy (non-hydrogen) atoms. The zero-order valence-electron chi connectivity index (χ0n) is 16.3. The lowest BCUT2D eigenvalue weighted by atomic mass is 10.1. The molecule has 0 bridgehead atoms. The second-order valence-corrected chi connectivity index (χ2v) is 7.93. The molecule has 2 aliphatic heterocycles. The van der Waals surface area contributed by atoms with Gasteiger partial charge in [-0.2, -0.15) is 0 Å². The number of benzene rings is 2. The molecule has 0 spiro atoms. The van der Waals surface area contributed by atoms with Gasteiger partial charge >= 0.3 is 0 Å². The molecule has 0 aromatic heterocycles. The first kappa shape index (κ1) is 21.1. The summed E-state index contributed by atoms with van der Waals surface area (Å²) in [4.78, 5) is 38.5. The van der Waals surface area contributed by atoms with Gasteiger partial charge in [-0.1, -0.05) is 11.6 Å². The molecule has 1 saturated heterocycles. The summed E-state index contributed by atoms with van der Waals surface area (Å²) in [7, 11) is 0. The van der Waals surface area contributed by atoms with E-state index in [1.807, 2.05) is 6.92 Å². The van der Waals surface area contributed by atoms with Crippen molar-refractivity contribution < 1.29 is 28.6 Å². The first-order chi connectivity index (χ1) is 14.9. The number of hydrogen-bond acceptors (Lipinski definition) is 7. The van der Waals surface area contributed by atoms with Crippen LogP contribution in [0.25, 0.3) is 6.08 Å². The third-order valence-electron chi connectivity index (χ3n) is 4.39. The smallest absolute Gasteiger partial charge is 0.294 e. The lowest BCUT2D eigenvalue weighted by Crippen LogP contribution is -2.36. The second-order valence-electron chi connectivity index (χ2n) is 6.50. The third-order valence-corrected chi connectivity index (χ3v) is 5.55. The van der Waals surface area contributed by atoms with E-state index in [-0.39, 0.29) is 11.7 Å². The molecule has 2 aromatic carbocycles. The Kier molecular flexibility index (Phi) is 6.06. The zero-order valence-corrected chi connectivity index (χ0v) is 17.9. The van der Waals surface area contributed by atoms with Gasteiger partial charge in [-0.05, 0) is 55.1 Å². The van der Waals surface area contributed by atoms with Crippen LogP contribution in [0.1, 0.15) is 12.5 Å². The minimum Gasteiger partial charge on any atom is -0.493 e.